The summed E-state index contributed by atoms with van der Waals surface area (Å²) in [5.74, 6) is 9.64. The third-order valence-electron chi connectivity index (χ3n) is 24.0. The molecule has 0 saturated heterocycles. The van der Waals surface area contributed by atoms with Gasteiger partial charge in [0.25, 0.3) is 0 Å². The van der Waals surface area contributed by atoms with E-state index < -0.39 is 0 Å². The van der Waals surface area contributed by atoms with Crippen molar-refractivity contribution in [1.29, 1.82) is 0 Å². The molecule has 7 aliphatic rings. The maximum absolute atomic E-state index is 6.04. The lowest BCUT2D eigenvalue weighted by Gasteiger charge is -2.40. The van der Waals surface area contributed by atoms with E-state index in [-0.39, 0.29) is 62.8 Å². The minimum Gasteiger partial charge on any atom is -0.491 e. The van der Waals surface area contributed by atoms with Crippen LogP contribution in [0.5, 0.6) is 52.4 Å². The Morgan fingerprint density at radius 1 is 0.260 bits per heavy atom. The second-order valence-corrected chi connectivity index (χ2v) is 58.2. The molecule has 0 radical (unpaired) electrons. The number of aryl methyl sites for hydroxylation is 2. The van der Waals surface area contributed by atoms with Crippen LogP contribution < -0.4 is 81.1 Å². The summed E-state index contributed by atoms with van der Waals surface area (Å²) in [6.07, 6.45) is 32.3. The normalized spacial score (nSPS) is 21.9. The number of nitrogens with one attached hydrogen (secondary N) is 4. The molecule has 10 N–H and O–H groups in total. The molecule has 7 saturated carbocycles. The molecule has 7 aromatic rings. The van der Waals surface area contributed by atoms with Crippen molar-refractivity contribution in [3.8, 4) is 52.4 Å². The first-order valence-corrected chi connectivity index (χ1v) is 57.2. The maximum atomic E-state index is 6.04. The predicted octanol–water partition coefficient (Wildman–Crippen LogP) is 29.8. The van der Waals surface area contributed by atoms with Crippen LogP contribution in [0.3, 0.4) is 0 Å². The number of pyridine rings is 5. The van der Waals surface area contributed by atoms with Crippen molar-refractivity contribution in [2.75, 3.05) is 13.2 Å². The second kappa shape index (κ2) is 60.4. The number of aromatic nitrogens is 5. The van der Waals surface area contributed by atoms with Gasteiger partial charge in [-0.05, 0) is 337 Å². The van der Waals surface area contributed by atoms with Gasteiger partial charge in [0.2, 0.25) is 29.4 Å². The van der Waals surface area contributed by atoms with Crippen molar-refractivity contribution in [2.24, 2.45) is 67.4 Å². The monoisotopic (exact) mass is 2080 g/mol. The zero-order valence-electron chi connectivity index (χ0n) is 103. The Labute approximate surface area is 916 Å². The van der Waals surface area contributed by atoms with E-state index in [0.29, 0.717) is 107 Å². The van der Waals surface area contributed by atoms with Crippen LogP contribution in [-0.2, 0) is 31.1 Å². The lowest BCUT2D eigenvalue weighted by atomic mass is 9.87. The zero-order valence-corrected chi connectivity index (χ0v) is 103. The summed E-state index contributed by atoms with van der Waals surface area (Å²) < 4.78 is 52.4. The van der Waals surface area contributed by atoms with Gasteiger partial charge in [-0.1, -0.05) is 244 Å². The molecule has 5 aromatic heterocycles. The molecule has 14 rings (SSSR count). The van der Waals surface area contributed by atoms with Gasteiger partial charge in [-0.3, -0.25) is 0 Å². The molecule has 7 aliphatic carbocycles. The third kappa shape index (κ3) is 63.8. The van der Waals surface area contributed by atoms with Crippen molar-refractivity contribution >= 4 is 0 Å². The highest BCUT2D eigenvalue weighted by atomic mass is 16.5. The maximum Gasteiger partial charge on any atom is 0.213 e. The summed E-state index contributed by atoms with van der Waals surface area (Å²) in [6.45, 7) is 94.0. The number of nitrogens with zero attached hydrogens (tertiary/aromatic N) is 5. The van der Waals surface area contributed by atoms with Gasteiger partial charge >= 0.3 is 0 Å². The fraction of sp³-hybridized carbons (Fsp3) is 0.713. The molecule has 2 aromatic carbocycles. The van der Waals surface area contributed by atoms with E-state index in [9.17, 15) is 0 Å². The molecule has 0 bridgehead atoms. The summed E-state index contributed by atoms with van der Waals surface area (Å²) in [5.41, 5.74) is 26.3. The third-order valence-corrected chi connectivity index (χ3v) is 24.0. The summed E-state index contributed by atoms with van der Waals surface area (Å²) in [5, 5.41) is 14.5. The largest absolute Gasteiger partial charge is 0.491 e. The second-order valence-electron chi connectivity index (χ2n) is 58.2. The van der Waals surface area contributed by atoms with Gasteiger partial charge in [0, 0.05) is 113 Å². The molecular weight excluding hydrogens is 1860 g/mol. The van der Waals surface area contributed by atoms with Gasteiger partial charge < -0.3 is 81.1 Å². The van der Waals surface area contributed by atoms with Crippen LogP contribution in [0.4, 0.5) is 0 Å². The van der Waals surface area contributed by atoms with Gasteiger partial charge in [-0.25, -0.2) is 24.9 Å². The Morgan fingerprint density at radius 2 is 0.493 bits per heavy atom. The fourth-order valence-corrected chi connectivity index (χ4v) is 16.4. The van der Waals surface area contributed by atoms with E-state index in [4.69, 9.17) is 59.8 Å². The molecule has 5 heterocycles. The quantitative estimate of drug-likeness (QED) is 0.0240. The van der Waals surface area contributed by atoms with Crippen molar-refractivity contribution in [3.63, 3.8) is 0 Å². The molecule has 0 atom stereocenters. The van der Waals surface area contributed by atoms with Gasteiger partial charge in [0.1, 0.15) is 65.7 Å². The minimum atomic E-state index is 0.136. The molecule has 150 heavy (non-hydrogen) atoms. The first-order chi connectivity index (χ1) is 68.9. The highest BCUT2D eigenvalue weighted by Gasteiger charge is 2.39. The summed E-state index contributed by atoms with van der Waals surface area (Å²) in [6, 6.07) is 40.4. The highest BCUT2D eigenvalue weighted by molar-refractivity contribution is 5.32. The average molecular weight is 2080 g/mol. The van der Waals surface area contributed by atoms with E-state index in [0.717, 1.165) is 174 Å². The first-order valence-electron chi connectivity index (χ1n) is 57.2. The SMILES string of the molecule is CC(C)(C)CCc1ccc(OC2CC(N)C2)nc1.CC(C)(C)CCc1ccc(OC2CC(NC(C)(C)C)C2)nc1.CC(C)(C)COc1ccc(OC2CC(N)C2)nc1.CC(C)(C)COc1ccc(OC2CC(NC(C)(C)C)C2)nc1.CC(C)(C)Cc1ccc(OC2CC(NC(C)(C)C)C2)cc1.CC(C)(C)Cc1ccc(OC2CC(NC(C)(C)C)C2)cc1.CC(C)(C)c1ccnc(OC2CC(N)C2)c1.CC(C)C.CC(C)C.CC(C)C. The van der Waals surface area contributed by atoms with Crippen LogP contribution in [0.1, 0.15) is 421 Å². The Bertz CT molecular complexity index is 4480. The lowest BCUT2D eigenvalue weighted by Crippen LogP contribution is -2.53. The smallest absolute Gasteiger partial charge is 0.213 e. The topological polar surface area (TPSA) is 274 Å². The Morgan fingerprint density at radius 3 is 0.707 bits per heavy atom. The number of benzene rings is 2. The fourth-order valence-electron chi connectivity index (χ4n) is 16.4. The molecule has 0 amide bonds. The zero-order chi connectivity index (χ0) is 113. The highest BCUT2D eigenvalue weighted by Crippen LogP contribution is 2.37. The van der Waals surface area contributed by atoms with Crippen molar-refractivity contribution in [3.05, 3.63) is 168 Å². The standard InChI is InChI=1S/C19H32N2O.2C19H31NO.C18H30N2O2.C15H24N2O.C14H22N2O2.C13H20N2O.3C4H10/c1-18(2,3)10-9-14-7-8-17(20-13-14)22-16-11-15(12-16)21-19(4,5)6;2*1-18(2,3)13-14-7-9-16(10-8-14)21-17-11-15(12-17)20-19(4,5)6;1-17(2,3)12-21-14-7-8-16(19-11-14)22-15-9-13(10-15)20-18(4,5)6;1-15(2,3)7-6-11-4-5-14(17-10-11)18-13-8-12(16)9-13;1-14(2,3)9-17-11-4-5-13(16-8-11)18-12-6-10(15)7-12;1-13(2,3)9-4-5-15-12(6-9)16-11-7-10(14)8-11;3*1-4(2)3/h7-8,13,15-16,21H,9-12H2,1-6H3;2*7-10,15,17,20H,11-13H2,1-6H3;7-8,11,13,15,20H,9-10,12H2,1-6H3;4-5,10,12-13H,6-9,16H2,1-3H3;4-5,8,10,12H,6-7,9,15H2,1-3H3;4-6,10-11H,7-8,14H2,1-3H3;3*4H,1-3H3. The van der Waals surface area contributed by atoms with Crippen LogP contribution in [-0.4, -0.2) is 145 Å². The molecule has 0 aliphatic heterocycles. The van der Waals surface area contributed by atoms with Crippen LogP contribution in [0.25, 0.3) is 0 Å². The van der Waals surface area contributed by atoms with E-state index in [1.54, 1.807) is 12.4 Å². The first kappa shape index (κ1) is 133. The molecule has 850 valence electrons. The van der Waals surface area contributed by atoms with Gasteiger partial charge in [0.05, 0.1) is 25.6 Å². The molecule has 0 spiro atoms. The van der Waals surface area contributed by atoms with E-state index in [1.165, 1.54) is 40.7 Å². The Hall–Kier alpha value is -7.89. The predicted molar refractivity (Wildman–Crippen MR) is 632 cm³/mol. The molecule has 7 fully saturated rings. The Balaban J connectivity index is 0.000000302. The summed E-state index contributed by atoms with van der Waals surface area (Å²) in [4.78, 5) is 21.6. The van der Waals surface area contributed by atoms with Crippen LogP contribution >= 0.6 is 0 Å². The minimum absolute atomic E-state index is 0.136. The van der Waals surface area contributed by atoms with E-state index in [1.807, 2.05) is 67.1 Å². The summed E-state index contributed by atoms with van der Waals surface area (Å²) in [7, 11) is 0. The van der Waals surface area contributed by atoms with Gasteiger partial charge in [-0.15, -0.1) is 0 Å². The van der Waals surface area contributed by atoms with Gasteiger partial charge in [0.15, 0.2) is 0 Å². The number of rotatable bonds is 28. The molecule has 0 unspecified atom stereocenters. The van der Waals surface area contributed by atoms with Gasteiger partial charge in [-0.2, -0.15) is 0 Å². The molecule has 21 heteroatoms. The number of ether oxygens (including phenoxy) is 9. The van der Waals surface area contributed by atoms with E-state index in [2.05, 4.69) is 398 Å². The molecular formula is C129H220N12O9. The number of hydrogen-bond acceptors (Lipinski definition) is 21. The summed E-state index contributed by atoms with van der Waals surface area (Å²) >= 11 is 0. The average Bonchev–Trinajstić information content (AvgIpc) is 0.750. The lowest BCUT2D eigenvalue weighted by molar-refractivity contribution is 0.0689. The van der Waals surface area contributed by atoms with Crippen molar-refractivity contribution in [2.45, 2.75) is 532 Å². The molecule has 21 nitrogen and oxygen atoms in total. The van der Waals surface area contributed by atoms with Crippen LogP contribution in [0.2, 0.25) is 0 Å². The van der Waals surface area contributed by atoms with Crippen molar-refractivity contribution < 1.29 is 42.6 Å². The van der Waals surface area contributed by atoms with Crippen LogP contribution in [0, 0.1) is 50.2 Å². The van der Waals surface area contributed by atoms with Crippen LogP contribution in [0.15, 0.2) is 140 Å². The van der Waals surface area contributed by atoms with Crippen molar-refractivity contribution in [1.82, 2.24) is 46.2 Å². The van der Waals surface area contributed by atoms with E-state index >= 15 is 0 Å². The number of nitrogens with two attached hydrogens (primary N) is 3. The Kier molecular flexibility index (Phi) is 53.4. The number of hydrogen-bond donors (Lipinski definition) is 7.